The second-order valence-corrected chi connectivity index (χ2v) is 9.21. The van der Waals surface area contributed by atoms with Crippen LogP contribution < -0.4 is 10.6 Å². The molecule has 5 aliphatic rings. The van der Waals surface area contributed by atoms with Gasteiger partial charge in [0.05, 0.1) is 12.2 Å². The van der Waals surface area contributed by atoms with Crippen LogP contribution in [0.3, 0.4) is 0 Å². The van der Waals surface area contributed by atoms with Crippen molar-refractivity contribution in [2.75, 3.05) is 20.3 Å². The first-order valence-electron chi connectivity index (χ1n) is 9.81. The predicted octanol–water partition coefficient (Wildman–Crippen LogP) is 1.92. The molecule has 0 radical (unpaired) electrons. The van der Waals surface area contributed by atoms with Gasteiger partial charge < -0.3 is 20.1 Å². The van der Waals surface area contributed by atoms with Crippen molar-refractivity contribution in [3.63, 3.8) is 0 Å². The van der Waals surface area contributed by atoms with Crippen molar-refractivity contribution >= 4 is 5.96 Å². The summed E-state index contributed by atoms with van der Waals surface area (Å²) in [6.07, 6.45) is 7.29. The van der Waals surface area contributed by atoms with Crippen LogP contribution in [0.2, 0.25) is 0 Å². The highest BCUT2D eigenvalue weighted by Crippen LogP contribution is 2.62. The molecule has 3 aliphatic carbocycles. The molecule has 0 bridgehead atoms. The molecule has 0 amide bonds. The molecule has 5 fully saturated rings. The molecule has 2 N–H and O–H groups in total. The van der Waals surface area contributed by atoms with Crippen LogP contribution >= 0.6 is 0 Å². The molecule has 5 rings (SSSR count). The van der Waals surface area contributed by atoms with Crippen molar-refractivity contribution in [2.24, 2.45) is 27.7 Å². The van der Waals surface area contributed by atoms with E-state index in [4.69, 9.17) is 9.47 Å². The Morgan fingerprint density at radius 3 is 2.21 bits per heavy atom. The van der Waals surface area contributed by atoms with Crippen LogP contribution in [0.4, 0.5) is 0 Å². The average molecular weight is 333 g/mol. The molecule has 0 aromatic heterocycles. The van der Waals surface area contributed by atoms with Gasteiger partial charge in [-0.25, -0.2) is 0 Å². The average Bonchev–Trinajstić information content (AvgIpc) is 3.12. The number of guanidine groups is 1. The second-order valence-electron chi connectivity index (χ2n) is 9.21. The van der Waals surface area contributed by atoms with Crippen LogP contribution in [0, 0.1) is 22.7 Å². The van der Waals surface area contributed by atoms with E-state index in [0.717, 1.165) is 19.2 Å². The minimum absolute atomic E-state index is 0.186. The molecule has 2 saturated heterocycles. The van der Waals surface area contributed by atoms with E-state index in [0.29, 0.717) is 41.5 Å². The highest BCUT2D eigenvalue weighted by Gasteiger charge is 2.67. The van der Waals surface area contributed by atoms with Gasteiger partial charge in [-0.15, -0.1) is 0 Å². The zero-order valence-electron chi connectivity index (χ0n) is 15.2. The van der Waals surface area contributed by atoms with E-state index in [1.807, 2.05) is 7.05 Å². The van der Waals surface area contributed by atoms with E-state index < -0.39 is 0 Å². The summed E-state index contributed by atoms with van der Waals surface area (Å²) >= 11 is 0. The zero-order valence-corrected chi connectivity index (χ0v) is 15.2. The monoisotopic (exact) mass is 333 g/mol. The molecule has 2 aliphatic heterocycles. The molecule has 5 heteroatoms. The minimum atomic E-state index is 0.186. The summed E-state index contributed by atoms with van der Waals surface area (Å²) in [4.78, 5) is 4.56. The van der Waals surface area contributed by atoms with E-state index in [1.165, 1.54) is 32.1 Å². The largest absolute Gasteiger partial charge is 0.377 e. The molecule has 6 atom stereocenters. The summed E-state index contributed by atoms with van der Waals surface area (Å²) < 4.78 is 12.0. The zero-order chi connectivity index (χ0) is 16.5. The number of rotatable bonds is 2. The van der Waals surface area contributed by atoms with Crippen molar-refractivity contribution < 1.29 is 9.47 Å². The van der Waals surface area contributed by atoms with Crippen molar-refractivity contribution in [2.45, 2.75) is 70.2 Å². The van der Waals surface area contributed by atoms with Gasteiger partial charge >= 0.3 is 0 Å². The molecule has 0 aromatic rings. The van der Waals surface area contributed by atoms with Crippen molar-refractivity contribution in [3.05, 3.63) is 0 Å². The quantitative estimate of drug-likeness (QED) is 0.599. The van der Waals surface area contributed by atoms with Gasteiger partial charge in [0.25, 0.3) is 0 Å². The van der Waals surface area contributed by atoms with Crippen LogP contribution in [0.5, 0.6) is 0 Å². The standard InChI is InChI=1S/C19H31N3O2/c1-18(2)13(11-5-9-23-15(11)18)21-17(20-3)22-14-12-6-10-24-16(12)19(14)7-4-8-19/h11-16H,4-10H2,1-3H3,(H2,20,21,22). The van der Waals surface area contributed by atoms with Gasteiger partial charge in [-0.2, -0.15) is 0 Å². The summed E-state index contributed by atoms with van der Waals surface area (Å²) in [6.45, 7) is 6.50. The Balaban J connectivity index is 1.28. The fourth-order valence-corrected chi connectivity index (χ4v) is 6.54. The third-order valence-corrected chi connectivity index (χ3v) is 7.94. The van der Waals surface area contributed by atoms with Crippen LogP contribution in [0.15, 0.2) is 4.99 Å². The Hall–Kier alpha value is -0.810. The fraction of sp³-hybridized carbons (Fsp3) is 0.947. The van der Waals surface area contributed by atoms with Crippen LogP contribution in [0.25, 0.3) is 0 Å². The van der Waals surface area contributed by atoms with Crippen molar-refractivity contribution in [1.29, 1.82) is 0 Å². The van der Waals surface area contributed by atoms with Crippen LogP contribution in [0.1, 0.15) is 46.0 Å². The molecule has 2 heterocycles. The molecule has 134 valence electrons. The lowest BCUT2D eigenvalue weighted by Crippen LogP contribution is -2.74. The molecular weight excluding hydrogens is 302 g/mol. The van der Waals surface area contributed by atoms with Crippen LogP contribution in [-0.2, 0) is 9.47 Å². The molecule has 6 unspecified atom stereocenters. The first kappa shape index (κ1) is 15.4. The lowest BCUT2D eigenvalue weighted by Gasteiger charge is -2.63. The van der Waals surface area contributed by atoms with Gasteiger partial charge in [0, 0.05) is 55.0 Å². The highest BCUT2D eigenvalue weighted by molar-refractivity contribution is 5.81. The van der Waals surface area contributed by atoms with E-state index in [2.05, 4.69) is 29.5 Å². The Morgan fingerprint density at radius 2 is 1.58 bits per heavy atom. The number of ether oxygens (including phenoxy) is 2. The van der Waals surface area contributed by atoms with E-state index in [9.17, 15) is 0 Å². The Bertz CT molecular complexity index is 557. The summed E-state index contributed by atoms with van der Waals surface area (Å²) in [6, 6.07) is 1.01. The lowest BCUT2D eigenvalue weighted by atomic mass is 9.46. The maximum absolute atomic E-state index is 6.04. The summed E-state index contributed by atoms with van der Waals surface area (Å²) in [5, 5.41) is 7.55. The number of nitrogens with one attached hydrogen (secondary N) is 2. The van der Waals surface area contributed by atoms with Crippen molar-refractivity contribution in [3.8, 4) is 0 Å². The third-order valence-electron chi connectivity index (χ3n) is 7.94. The molecule has 3 saturated carbocycles. The number of hydrogen-bond acceptors (Lipinski definition) is 3. The summed E-state index contributed by atoms with van der Waals surface area (Å²) in [5.41, 5.74) is 0.582. The normalized spacial score (nSPS) is 47.2. The molecule has 24 heavy (non-hydrogen) atoms. The first-order valence-corrected chi connectivity index (χ1v) is 9.81. The van der Waals surface area contributed by atoms with E-state index >= 15 is 0 Å². The molecule has 1 spiro atoms. The minimum Gasteiger partial charge on any atom is -0.377 e. The number of aliphatic imine (C=N–C) groups is 1. The van der Waals surface area contributed by atoms with E-state index in [1.54, 1.807) is 0 Å². The summed E-state index contributed by atoms with van der Waals surface area (Å²) in [7, 11) is 1.90. The maximum atomic E-state index is 6.04. The Morgan fingerprint density at radius 1 is 0.958 bits per heavy atom. The topological polar surface area (TPSA) is 54.9 Å². The summed E-state index contributed by atoms with van der Waals surface area (Å²) in [5.74, 6) is 2.31. The molecular formula is C19H31N3O2. The van der Waals surface area contributed by atoms with Crippen LogP contribution in [-0.4, -0.2) is 50.5 Å². The fourth-order valence-electron chi connectivity index (χ4n) is 6.54. The highest BCUT2D eigenvalue weighted by atomic mass is 16.5. The first-order chi connectivity index (χ1) is 11.6. The van der Waals surface area contributed by atoms with Gasteiger partial charge in [-0.3, -0.25) is 4.99 Å². The SMILES string of the molecule is CN=C(NC1C2CCOC2C1(C)C)NC1C2CCOC2C12CCC2. The van der Waals surface area contributed by atoms with Gasteiger partial charge in [-0.05, 0) is 25.7 Å². The van der Waals surface area contributed by atoms with Gasteiger partial charge in [-0.1, -0.05) is 20.3 Å². The Kier molecular flexibility index (Phi) is 3.28. The smallest absolute Gasteiger partial charge is 0.191 e. The van der Waals surface area contributed by atoms with E-state index in [-0.39, 0.29) is 5.41 Å². The van der Waals surface area contributed by atoms with Gasteiger partial charge in [0.15, 0.2) is 5.96 Å². The molecule has 5 nitrogen and oxygen atoms in total. The number of hydrogen-bond donors (Lipinski definition) is 2. The van der Waals surface area contributed by atoms with Gasteiger partial charge in [0.1, 0.15) is 0 Å². The maximum Gasteiger partial charge on any atom is 0.191 e. The van der Waals surface area contributed by atoms with Gasteiger partial charge in [0.2, 0.25) is 0 Å². The predicted molar refractivity (Wildman–Crippen MR) is 93.0 cm³/mol. The lowest BCUT2D eigenvalue weighted by molar-refractivity contribution is -0.171. The second kappa shape index (κ2) is 5.10. The number of nitrogens with zero attached hydrogens (tertiary/aromatic N) is 1. The molecule has 0 aromatic carbocycles. The number of fused-ring (bicyclic) bond motifs is 3. The third kappa shape index (κ3) is 1.80. The Labute approximate surface area is 145 Å². The van der Waals surface area contributed by atoms with Crippen molar-refractivity contribution in [1.82, 2.24) is 10.6 Å².